The summed E-state index contributed by atoms with van der Waals surface area (Å²) in [6.45, 7) is 8.54. The third-order valence-electron chi connectivity index (χ3n) is 8.27. The fourth-order valence-corrected chi connectivity index (χ4v) is 6.53. The van der Waals surface area contributed by atoms with Gasteiger partial charge in [-0.05, 0) is 36.5 Å². The molecule has 0 aromatic carbocycles. The van der Waals surface area contributed by atoms with Gasteiger partial charge in [0.25, 0.3) is 5.78 Å². The molecule has 0 bridgehead atoms. The lowest BCUT2D eigenvalue weighted by Crippen LogP contribution is -2.59. The lowest BCUT2D eigenvalue weighted by molar-refractivity contribution is -0.135. The van der Waals surface area contributed by atoms with Crippen LogP contribution >= 0.6 is 0 Å². The topological polar surface area (TPSA) is 140 Å². The molecule has 3 aromatic heterocycles. The number of anilines is 2. The van der Waals surface area contributed by atoms with Crippen LogP contribution in [0.2, 0.25) is 0 Å². The first-order valence-electron chi connectivity index (χ1n) is 13.2. The highest BCUT2D eigenvalue weighted by Crippen LogP contribution is 2.50. The molecule has 0 saturated carbocycles. The number of rotatable bonds is 4. The van der Waals surface area contributed by atoms with Crippen molar-refractivity contribution in [3.05, 3.63) is 41.8 Å². The van der Waals surface area contributed by atoms with Gasteiger partial charge in [-0.3, -0.25) is 9.69 Å². The number of aromatic nitrogens is 5. The van der Waals surface area contributed by atoms with E-state index in [1.54, 1.807) is 18.4 Å². The van der Waals surface area contributed by atoms with E-state index < -0.39 is 6.04 Å². The number of piperidine rings is 1. The number of hydrogen-bond donors (Lipinski definition) is 2. The molecule has 6 heterocycles. The monoisotopic (exact) mass is 517 g/mol. The van der Waals surface area contributed by atoms with Crippen LogP contribution in [0.25, 0.3) is 17.4 Å². The number of morpholine rings is 1. The zero-order valence-electron chi connectivity index (χ0n) is 21.5. The number of carbonyl (C=O) groups excluding carboxylic acids is 1. The Morgan fingerprint density at radius 2 is 2.03 bits per heavy atom. The molecule has 1 amide bonds. The smallest absolute Gasteiger partial charge is 0.259 e. The van der Waals surface area contributed by atoms with Gasteiger partial charge in [-0.2, -0.15) is 19.5 Å². The molecular weight excluding hydrogens is 486 g/mol. The number of carbonyl (C=O) groups is 1. The quantitative estimate of drug-likeness (QED) is 0.494. The van der Waals surface area contributed by atoms with Gasteiger partial charge in [0.1, 0.15) is 6.04 Å². The largest absolute Gasteiger partial charge is 0.461 e. The lowest BCUT2D eigenvalue weighted by atomic mass is 9.66. The number of allylic oxidation sites excluding steroid dienone is 2. The molecule has 3 aliphatic heterocycles. The number of hydrogen-bond acceptors (Lipinski definition) is 10. The van der Waals surface area contributed by atoms with Gasteiger partial charge in [-0.25, -0.2) is 0 Å². The van der Waals surface area contributed by atoms with Gasteiger partial charge >= 0.3 is 0 Å². The van der Waals surface area contributed by atoms with Gasteiger partial charge in [0, 0.05) is 36.8 Å². The van der Waals surface area contributed by atoms with Crippen LogP contribution in [0, 0.1) is 11.3 Å². The molecule has 4 atom stereocenters. The van der Waals surface area contributed by atoms with E-state index in [-0.39, 0.29) is 34.9 Å². The number of nitrogens with one attached hydrogen (secondary N) is 1. The van der Waals surface area contributed by atoms with E-state index in [0.717, 1.165) is 32.7 Å². The summed E-state index contributed by atoms with van der Waals surface area (Å²) in [7, 11) is 0. The average molecular weight is 518 g/mol. The van der Waals surface area contributed by atoms with Crippen molar-refractivity contribution in [2.45, 2.75) is 38.8 Å². The fourth-order valence-electron chi connectivity index (χ4n) is 6.53. The van der Waals surface area contributed by atoms with Crippen LogP contribution < -0.4 is 11.1 Å². The summed E-state index contributed by atoms with van der Waals surface area (Å²) in [5.41, 5.74) is 8.46. The lowest BCUT2D eigenvalue weighted by Gasteiger charge is -2.54. The van der Waals surface area contributed by atoms with E-state index >= 15 is 0 Å². The Morgan fingerprint density at radius 3 is 2.82 bits per heavy atom. The number of nitrogens with zero attached hydrogens (tertiary/aromatic N) is 7. The van der Waals surface area contributed by atoms with Crippen molar-refractivity contribution in [2.24, 2.45) is 11.3 Å². The fraction of sp³-hybridized carbons (Fsp3) is 0.500. The van der Waals surface area contributed by atoms with Crippen LogP contribution in [0.1, 0.15) is 26.7 Å². The van der Waals surface area contributed by atoms with Crippen molar-refractivity contribution >= 4 is 23.6 Å². The molecule has 12 nitrogen and oxygen atoms in total. The zero-order valence-corrected chi connectivity index (χ0v) is 21.5. The standard InChI is InChI=1S/C26H31N9O3/c1-15-5-7-26(2)14-16(22(36)34-8-6-17(19(15)20(26)34)33-9-12-37-13-10-33)28-24-30-23(27)35-25(31-24)29-21(32-35)18-4-3-11-38-18/h3-5,7,11,15-17H,6,8-10,12-14H2,1-2H3,(H3,27,28,29,30,31,32)/t15?,16-,17?,26?/m0/s1. The Hall–Kier alpha value is -3.77. The minimum Gasteiger partial charge on any atom is -0.461 e. The number of amides is 1. The van der Waals surface area contributed by atoms with E-state index in [1.807, 2.05) is 4.90 Å². The molecule has 0 spiro atoms. The average Bonchev–Trinajstić information content (AvgIpc) is 3.60. The van der Waals surface area contributed by atoms with Gasteiger partial charge < -0.3 is 25.1 Å². The van der Waals surface area contributed by atoms with Gasteiger partial charge in [0.15, 0.2) is 5.76 Å². The minimum atomic E-state index is -0.502. The first-order chi connectivity index (χ1) is 18.4. The number of furan rings is 1. The van der Waals surface area contributed by atoms with Crippen molar-refractivity contribution in [3.8, 4) is 11.6 Å². The predicted molar refractivity (Wildman–Crippen MR) is 139 cm³/mol. The van der Waals surface area contributed by atoms with E-state index in [4.69, 9.17) is 14.9 Å². The molecule has 1 aliphatic carbocycles. The normalized spacial score (nSPS) is 29.7. The molecule has 2 fully saturated rings. The molecule has 7 rings (SSSR count). The van der Waals surface area contributed by atoms with Gasteiger partial charge in [-0.1, -0.05) is 26.0 Å². The van der Waals surface area contributed by atoms with Crippen molar-refractivity contribution in [1.82, 2.24) is 34.4 Å². The highest BCUT2D eigenvalue weighted by atomic mass is 16.5. The van der Waals surface area contributed by atoms with Crippen molar-refractivity contribution < 1.29 is 13.9 Å². The van der Waals surface area contributed by atoms with Gasteiger partial charge in [0.05, 0.1) is 19.5 Å². The van der Waals surface area contributed by atoms with Crippen LogP contribution in [0.5, 0.6) is 0 Å². The second-order valence-electron chi connectivity index (χ2n) is 10.7. The Labute approximate surface area is 219 Å². The number of nitrogen functional groups attached to an aromatic ring is 1. The number of fused-ring (bicyclic) bond motifs is 1. The Bertz CT molecular complexity index is 1460. The summed E-state index contributed by atoms with van der Waals surface area (Å²) in [6, 6.07) is 3.36. The molecule has 12 heteroatoms. The molecule has 2 saturated heterocycles. The van der Waals surface area contributed by atoms with Crippen LogP contribution in [-0.4, -0.2) is 85.2 Å². The highest BCUT2D eigenvalue weighted by Gasteiger charge is 2.51. The Kier molecular flexibility index (Phi) is 5.31. The van der Waals surface area contributed by atoms with Crippen LogP contribution in [0.4, 0.5) is 11.9 Å². The second kappa shape index (κ2) is 8.63. The molecular formula is C26H31N9O3. The van der Waals surface area contributed by atoms with E-state index in [0.29, 0.717) is 30.6 Å². The Balaban J connectivity index is 1.20. The summed E-state index contributed by atoms with van der Waals surface area (Å²) >= 11 is 0. The predicted octanol–water partition coefficient (Wildman–Crippen LogP) is 1.95. The Morgan fingerprint density at radius 1 is 1.18 bits per heavy atom. The van der Waals surface area contributed by atoms with Crippen molar-refractivity contribution in [3.63, 3.8) is 0 Å². The maximum atomic E-state index is 13.9. The SMILES string of the molecule is CC1C=CC2(C)C[C@H](Nc3nc(N)n4nc(-c5ccco5)nc4n3)C(=O)N3CCC(N4CCOCC4)C1=C32. The highest BCUT2D eigenvalue weighted by molar-refractivity contribution is 5.88. The molecule has 4 aliphatic rings. The zero-order chi connectivity index (χ0) is 26.0. The molecule has 0 radical (unpaired) electrons. The maximum absolute atomic E-state index is 13.9. The molecule has 198 valence electrons. The van der Waals surface area contributed by atoms with Crippen LogP contribution in [0.3, 0.4) is 0 Å². The minimum absolute atomic E-state index is 0.0395. The third-order valence-corrected chi connectivity index (χ3v) is 8.27. The van der Waals surface area contributed by atoms with Gasteiger partial charge in [0.2, 0.25) is 23.6 Å². The van der Waals surface area contributed by atoms with Crippen LogP contribution in [0.15, 0.2) is 46.2 Å². The first-order valence-corrected chi connectivity index (χ1v) is 13.2. The number of nitrogens with two attached hydrogens (primary N) is 1. The summed E-state index contributed by atoms with van der Waals surface area (Å²) < 4.78 is 12.4. The van der Waals surface area contributed by atoms with E-state index in [1.165, 1.54) is 15.8 Å². The number of ether oxygens (including phenoxy) is 1. The molecule has 3 unspecified atom stereocenters. The molecule has 3 N–H and O–H groups in total. The van der Waals surface area contributed by atoms with E-state index in [9.17, 15) is 4.79 Å². The van der Waals surface area contributed by atoms with Crippen LogP contribution in [-0.2, 0) is 9.53 Å². The van der Waals surface area contributed by atoms with E-state index in [2.05, 4.69) is 56.3 Å². The third kappa shape index (κ3) is 3.62. The summed E-state index contributed by atoms with van der Waals surface area (Å²) in [5.74, 6) is 1.85. The first kappa shape index (κ1) is 23.4. The maximum Gasteiger partial charge on any atom is 0.259 e. The molecule has 38 heavy (non-hydrogen) atoms. The van der Waals surface area contributed by atoms with Crippen molar-refractivity contribution in [2.75, 3.05) is 43.9 Å². The van der Waals surface area contributed by atoms with Gasteiger partial charge in [-0.15, -0.1) is 5.10 Å². The summed E-state index contributed by atoms with van der Waals surface area (Å²) in [4.78, 5) is 31.7. The van der Waals surface area contributed by atoms with Crippen molar-refractivity contribution in [1.29, 1.82) is 0 Å². The summed E-state index contributed by atoms with van der Waals surface area (Å²) in [6.07, 6.45) is 7.64. The second-order valence-corrected chi connectivity index (χ2v) is 10.7. The molecule has 3 aromatic rings. The summed E-state index contributed by atoms with van der Waals surface area (Å²) in [5, 5.41) is 7.62.